The maximum absolute atomic E-state index is 12.7. The largest absolute Gasteiger partial charge is 0.497 e. The lowest BCUT2D eigenvalue weighted by Gasteiger charge is -2.13. The van der Waals surface area contributed by atoms with Gasteiger partial charge in [-0.2, -0.15) is 8.78 Å². The number of methoxy groups -OCH3 is 1. The van der Waals surface area contributed by atoms with E-state index in [-0.39, 0.29) is 36.3 Å². The summed E-state index contributed by atoms with van der Waals surface area (Å²) in [5, 5.41) is 6.37. The highest BCUT2D eigenvalue weighted by molar-refractivity contribution is 14.0. The lowest BCUT2D eigenvalue weighted by atomic mass is 10.2. The number of halogens is 3. The molecule has 0 amide bonds. The maximum atomic E-state index is 12.7. The molecule has 7 nitrogen and oxygen atoms in total. The van der Waals surface area contributed by atoms with Gasteiger partial charge < -0.3 is 25.1 Å². The molecule has 168 valence electrons. The van der Waals surface area contributed by atoms with Crippen molar-refractivity contribution in [2.45, 2.75) is 26.5 Å². The van der Waals surface area contributed by atoms with Crippen molar-refractivity contribution in [2.75, 3.05) is 20.2 Å². The van der Waals surface area contributed by atoms with Gasteiger partial charge in [0.1, 0.15) is 17.3 Å². The molecule has 0 saturated heterocycles. The zero-order chi connectivity index (χ0) is 21.3. The number of aromatic amines is 1. The summed E-state index contributed by atoms with van der Waals surface area (Å²) in [7, 11) is 1.51. The maximum Gasteiger partial charge on any atom is 0.387 e. The molecule has 0 fully saturated rings. The van der Waals surface area contributed by atoms with Crippen LogP contribution in [-0.2, 0) is 13.0 Å². The Labute approximate surface area is 196 Å². The molecule has 0 bridgehead atoms. The Hall–Kier alpha value is -2.63. The molecule has 0 aliphatic carbocycles. The number of H-pyrrole nitrogens is 1. The SMILES string of the molecule is CCNC(=NCc1cc(OC)ccc1OC(F)F)NCCc1nc2ccccc2[nH]1.I. The zero-order valence-electron chi connectivity index (χ0n) is 17.3. The monoisotopic (exact) mass is 545 g/mol. The van der Waals surface area contributed by atoms with Crippen molar-refractivity contribution in [3.63, 3.8) is 0 Å². The molecule has 31 heavy (non-hydrogen) atoms. The van der Waals surface area contributed by atoms with Crippen LogP contribution >= 0.6 is 24.0 Å². The number of aromatic nitrogens is 2. The van der Waals surface area contributed by atoms with Gasteiger partial charge in [0.15, 0.2) is 5.96 Å². The van der Waals surface area contributed by atoms with Gasteiger partial charge in [0.25, 0.3) is 0 Å². The van der Waals surface area contributed by atoms with E-state index in [0.29, 0.717) is 36.8 Å². The summed E-state index contributed by atoms with van der Waals surface area (Å²) in [6, 6.07) is 12.5. The van der Waals surface area contributed by atoms with Crippen LogP contribution in [0, 0.1) is 0 Å². The molecular weight excluding hydrogens is 519 g/mol. The fourth-order valence-electron chi connectivity index (χ4n) is 2.95. The highest BCUT2D eigenvalue weighted by atomic mass is 127. The van der Waals surface area contributed by atoms with Crippen molar-refractivity contribution >= 4 is 41.0 Å². The first-order valence-electron chi connectivity index (χ1n) is 9.66. The first kappa shape index (κ1) is 24.6. The van der Waals surface area contributed by atoms with Crippen LogP contribution in [-0.4, -0.2) is 42.7 Å². The molecule has 0 saturated carbocycles. The Morgan fingerprint density at radius 1 is 1.19 bits per heavy atom. The first-order chi connectivity index (χ1) is 14.6. The first-order valence-corrected chi connectivity index (χ1v) is 9.66. The minimum absolute atomic E-state index is 0. The predicted octanol–water partition coefficient (Wildman–Crippen LogP) is 4.09. The summed E-state index contributed by atoms with van der Waals surface area (Å²) >= 11 is 0. The van der Waals surface area contributed by atoms with Gasteiger partial charge in [-0.05, 0) is 37.3 Å². The van der Waals surface area contributed by atoms with Gasteiger partial charge >= 0.3 is 6.61 Å². The molecule has 10 heteroatoms. The third kappa shape index (κ3) is 7.23. The second kappa shape index (κ2) is 12.3. The standard InChI is InChI=1S/C21H25F2N5O2.HI/c1-3-24-21(25-11-10-19-27-16-6-4-5-7-17(16)28-19)26-13-14-12-15(29-2)8-9-18(14)30-20(22)23;/h4-9,12,20H,3,10-11,13H2,1-2H3,(H,27,28)(H2,24,25,26);1H. The third-order valence-electron chi connectivity index (χ3n) is 4.33. The van der Waals surface area contributed by atoms with E-state index in [1.165, 1.54) is 13.2 Å². The summed E-state index contributed by atoms with van der Waals surface area (Å²) in [5.41, 5.74) is 2.43. The number of para-hydroxylation sites is 2. The quantitative estimate of drug-likeness (QED) is 0.215. The topological polar surface area (TPSA) is 83.6 Å². The number of benzene rings is 2. The van der Waals surface area contributed by atoms with E-state index in [9.17, 15) is 8.78 Å². The Morgan fingerprint density at radius 3 is 2.71 bits per heavy atom. The summed E-state index contributed by atoms with van der Waals surface area (Å²) in [5.74, 6) is 2.07. The van der Waals surface area contributed by atoms with Gasteiger partial charge in [0.2, 0.25) is 0 Å². The molecule has 0 unspecified atom stereocenters. The summed E-state index contributed by atoms with van der Waals surface area (Å²) in [4.78, 5) is 12.3. The average Bonchev–Trinajstić information content (AvgIpc) is 3.15. The van der Waals surface area contributed by atoms with E-state index in [0.717, 1.165) is 16.9 Å². The summed E-state index contributed by atoms with van der Waals surface area (Å²) < 4.78 is 35.1. The van der Waals surface area contributed by atoms with Crippen LogP contribution in [0.4, 0.5) is 8.78 Å². The van der Waals surface area contributed by atoms with E-state index in [1.807, 2.05) is 31.2 Å². The smallest absolute Gasteiger partial charge is 0.387 e. The Kier molecular flexibility index (Phi) is 9.76. The van der Waals surface area contributed by atoms with E-state index in [4.69, 9.17) is 4.74 Å². The van der Waals surface area contributed by atoms with Gasteiger partial charge in [-0.15, -0.1) is 24.0 Å². The normalized spacial score (nSPS) is 11.3. The molecule has 0 spiro atoms. The molecule has 3 rings (SSSR count). The van der Waals surface area contributed by atoms with E-state index >= 15 is 0 Å². The van der Waals surface area contributed by atoms with Gasteiger partial charge in [-0.1, -0.05) is 12.1 Å². The van der Waals surface area contributed by atoms with Crippen LogP contribution in [0.25, 0.3) is 11.0 Å². The number of hydrogen-bond donors (Lipinski definition) is 3. The Balaban J connectivity index is 0.00000341. The van der Waals surface area contributed by atoms with Gasteiger partial charge in [-0.3, -0.25) is 0 Å². The minimum atomic E-state index is -2.91. The number of ether oxygens (including phenoxy) is 2. The Bertz CT molecular complexity index is 964. The number of fused-ring (bicyclic) bond motifs is 1. The number of rotatable bonds is 9. The number of nitrogens with one attached hydrogen (secondary N) is 3. The molecule has 3 N–H and O–H groups in total. The van der Waals surface area contributed by atoms with Crippen molar-refractivity contribution in [1.82, 2.24) is 20.6 Å². The average molecular weight is 545 g/mol. The van der Waals surface area contributed by atoms with Crippen molar-refractivity contribution in [2.24, 2.45) is 4.99 Å². The van der Waals surface area contributed by atoms with Crippen LogP contribution < -0.4 is 20.1 Å². The molecule has 0 atom stereocenters. The van der Waals surface area contributed by atoms with E-state index < -0.39 is 6.61 Å². The lowest BCUT2D eigenvalue weighted by Crippen LogP contribution is -2.38. The van der Waals surface area contributed by atoms with Gasteiger partial charge in [0, 0.05) is 25.1 Å². The van der Waals surface area contributed by atoms with Crippen LogP contribution in [0.3, 0.4) is 0 Å². The number of nitrogens with zero attached hydrogens (tertiary/aromatic N) is 2. The third-order valence-corrected chi connectivity index (χ3v) is 4.33. The highest BCUT2D eigenvalue weighted by Crippen LogP contribution is 2.26. The fourth-order valence-corrected chi connectivity index (χ4v) is 2.95. The fraction of sp³-hybridized carbons (Fsp3) is 0.333. The predicted molar refractivity (Wildman–Crippen MR) is 128 cm³/mol. The van der Waals surface area contributed by atoms with Crippen molar-refractivity contribution in [3.05, 3.63) is 53.9 Å². The van der Waals surface area contributed by atoms with Crippen molar-refractivity contribution in [1.29, 1.82) is 0 Å². The second-order valence-electron chi connectivity index (χ2n) is 6.42. The van der Waals surface area contributed by atoms with E-state index in [1.54, 1.807) is 12.1 Å². The molecule has 0 aliphatic heterocycles. The lowest BCUT2D eigenvalue weighted by molar-refractivity contribution is -0.0504. The summed E-state index contributed by atoms with van der Waals surface area (Å²) in [6.07, 6.45) is 0.679. The molecular formula is C21H26F2IN5O2. The zero-order valence-corrected chi connectivity index (χ0v) is 19.7. The number of hydrogen-bond acceptors (Lipinski definition) is 4. The van der Waals surface area contributed by atoms with Crippen molar-refractivity contribution < 1.29 is 18.3 Å². The van der Waals surface area contributed by atoms with Crippen LogP contribution in [0.1, 0.15) is 18.3 Å². The molecule has 1 heterocycles. The van der Waals surface area contributed by atoms with Crippen LogP contribution in [0.2, 0.25) is 0 Å². The number of alkyl halides is 2. The number of imidazole rings is 1. The molecule has 1 aromatic heterocycles. The van der Waals surface area contributed by atoms with Gasteiger partial charge in [0.05, 0.1) is 24.7 Å². The Morgan fingerprint density at radius 2 is 2.00 bits per heavy atom. The number of guanidine groups is 1. The van der Waals surface area contributed by atoms with Crippen LogP contribution in [0.15, 0.2) is 47.5 Å². The van der Waals surface area contributed by atoms with E-state index in [2.05, 4.69) is 30.3 Å². The van der Waals surface area contributed by atoms with Gasteiger partial charge in [-0.25, -0.2) is 9.98 Å². The molecule has 3 aromatic rings. The van der Waals surface area contributed by atoms with Crippen molar-refractivity contribution in [3.8, 4) is 11.5 Å². The minimum Gasteiger partial charge on any atom is -0.497 e. The number of aliphatic imine (C=N–C) groups is 1. The molecule has 0 radical (unpaired) electrons. The van der Waals surface area contributed by atoms with Crippen LogP contribution in [0.5, 0.6) is 11.5 Å². The summed E-state index contributed by atoms with van der Waals surface area (Å²) in [6.45, 7) is 0.461. The molecule has 2 aromatic carbocycles. The second-order valence-corrected chi connectivity index (χ2v) is 6.42. The highest BCUT2D eigenvalue weighted by Gasteiger charge is 2.11. The molecule has 0 aliphatic rings.